The number of halogens is 1. The summed E-state index contributed by atoms with van der Waals surface area (Å²) < 4.78 is 6.18. The second-order valence-corrected chi connectivity index (χ2v) is 5.53. The number of nitrogens with one attached hydrogen (secondary N) is 1. The van der Waals surface area contributed by atoms with E-state index < -0.39 is 0 Å². The molecule has 0 spiro atoms. The Morgan fingerprint density at radius 1 is 1.44 bits per heavy atom. The van der Waals surface area contributed by atoms with Gasteiger partial charge in [-0.15, -0.1) is 11.8 Å². The fourth-order valence-electron chi connectivity index (χ4n) is 1.40. The third kappa shape index (κ3) is 4.87. The second-order valence-electron chi connectivity index (χ2n) is 3.48. The lowest BCUT2D eigenvalue weighted by molar-refractivity contribution is 0.200. The van der Waals surface area contributed by atoms with Gasteiger partial charge in [-0.3, -0.25) is 0 Å². The topological polar surface area (TPSA) is 21.3 Å². The molecular weight excluding hydrogens is 286 g/mol. The van der Waals surface area contributed by atoms with Gasteiger partial charge >= 0.3 is 0 Å². The summed E-state index contributed by atoms with van der Waals surface area (Å²) in [6.45, 7) is 1.75. The average Bonchev–Trinajstić information content (AvgIpc) is 2.27. The Bertz CT molecular complexity index is 320. The van der Waals surface area contributed by atoms with Crippen molar-refractivity contribution in [3.05, 3.63) is 28.2 Å². The number of benzene rings is 1. The van der Waals surface area contributed by atoms with Crippen LogP contribution < -0.4 is 5.32 Å². The molecule has 1 rings (SSSR count). The monoisotopic (exact) mass is 303 g/mol. The minimum absolute atomic E-state index is 0.838. The van der Waals surface area contributed by atoms with Crippen LogP contribution in [0, 0.1) is 0 Å². The molecule has 0 aromatic heterocycles. The number of hydrogen-bond donors (Lipinski definition) is 1. The largest absolute Gasteiger partial charge is 0.385 e. The number of ether oxygens (including phenoxy) is 1. The molecule has 4 heteroatoms. The lowest BCUT2D eigenvalue weighted by Gasteiger charge is -2.09. The number of methoxy groups -OCH3 is 1. The van der Waals surface area contributed by atoms with E-state index in [2.05, 4.69) is 39.4 Å². The first kappa shape index (κ1) is 14.0. The highest BCUT2D eigenvalue weighted by atomic mass is 79.9. The average molecular weight is 304 g/mol. The van der Waals surface area contributed by atoms with Crippen molar-refractivity contribution in [1.29, 1.82) is 0 Å². The molecule has 0 radical (unpaired) electrons. The summed E-state index contributed by atoms with van der Waals surface area (Å²) in [7, 11) is 3.72. The maximum absolute atomic E-state index is 5.04. The van der Waals surface area contributed by atoms with Gasteiger partial charge < -0.3 is 10.1 Å². The third-order valence-corrected chi connectivity index (χ3v) is 3.84. The van der Waals surface area contributed by atoms with E-state index in [-0.39, 0.29) is 0 Å². The highest BCUT2D eigenvalue weighted by Crippen LogP contribution is 2.26. The summed E-state index contributed by atoms with van der Waals surface area (Å²) in [4.78, 5) is 1.36. The molecule has 2 nitrogen and oxygen atoms in total. The highest BCUT2D eigenvalue weighted by molar-refractivity contribution is 9.10. The molecule has 0 fully saturated rings. The van der Waals surface area contributed by atoms with Crippen LogP contribution in [0.5, 0.6) is 0 Å². The summed E-state index contributed by atoms with van der Waals surface area (Å²) in [5, 5.41) is 3.19. The molecule has 0 unspecified atom stereocenters. The zero-order valence-electron chi connectivity index (χ0n) is 9.75. The Balaban J connectivity index is 2.56. The predicted molar refractivity (Wildman–Crippen MR) is 74.1 cm³/mol. The Hall–Kier alpha value is -0.0300. The van der Waals surface area contributed by atoms with Crippen molar-refractivity contribution in [2.45, 2.75) is 17.9 Å². The van der Waals surface area contributed by atoms with E-state index >= 15 is 0 Å². The molecule has 16 heavy (non-hydrogen) atoms. The van der Waals surface area contributed by atoms with Crippen molar-refractivity contribution >= 4 is 27.7 Å². The van der Waals surface area contributed by atoms with Gasteiger partial charge in [0.15, 0.2) is 0 Å². The molecule has 1 N–H and O–H groups in total. The number of hydrogen-bond acceptors (Lipinski definition) is 3. The molecule has 1 aromatic rings. The van der Waals surface area contributed by atoms with E-state index in [1.165, 1.54) is 10.5 Å². The minimum Gasteiger partial charge on any atom is -0.385 e. The van der Waals surface area contributed by atoms with Gasteiger partial charge in [0, 0.05) is 35.4 Å². The molecular formula is C12H18BrNOS. The normalized spacial score (nSPS) is 10.7. The van der Waals surface area contributed by atoms with Crippen LogP contribution in [0.25, 0.3) is 0 Å². The summed E-state index contributed by atoms with van der Waals surface area (Å²) in [6, 6.07) is 6.45. The van der Waals surface area contributed by atoms with Crippen LogP contribution in [0.1, 0.15) is 12.0 Å². The smallest absolute Gasteiger partial charge is 0.0470 e. The predicted octanol–water partition coefficient (Wildman–Crippen LogP) is 3.30. The van der Waals surface area contributed by atoms with Gasteiger partial charge in [-0.1, -0.05) is 15.9 Å². The van der Waals surface area contributed by atoms with Crippen molar-refractivity contribution in [3.8, 4) is 0 Å². The third-order valence-electron chi connectivity index (χ3n) is 2.14. The summed E-state index contributed by atoms with van der Waals surface area (Å²) >= 11 is 5.40. The SMILES string of the molecule is CNCc1cc(Br)ccc1SCCCOC. The van der Waals surface area contributed by atoms with Crippen LogP contribution in [0.3, 0.4) is 0 Å². The molecule has 0 amide bonds. The van der Waals surface area contributed by atoms with Gasteiger partial charge in [0.25, 0.3) is 0 Å². The van der Waals surface area contributed by atoms with Gasteiger partial charge in [0.1, 0.15) is 0 Å². The molecule has 0 heterocycles. The molecule has 0 aliphatic carbocycles. The maximum atomic E-state index is 5.04. The standard InChI is InChI=1S/C12H18BrNOS/c1-14-9-10-8-11(13)4-5-12(10)16-7-3-6-15-2/h4-5,8,14H,3,6-7,9H2,1-2H3. The van der Waals surface area contributed by atoms with Gasteiger partial charge in [-0.2, -0.15) is 0 Å². The molecule has 0 aliphatic heterocycles. The van der Waals surface area contributed by atoms with Crippen LogP contribution in [-0.4, -0.2) is 26.5 Å². The Morgan fingerprint density at radius 3 is 2.94 bits per heavy atom. The van der Waals surface area contributed by atoms with Crippen molar-refractivity contribution in [1.82, 2.24) is 5.32 Å². The molecule has 0 saturated carbocycles. The van der Waals surface area contributed by atoms with Crippen LogP contribution in [0.2, 0.25) is 0 Å². The zero-order chi connectivity index (χ0) is 11.8. The van der Waals surface area contributed by atoms with Crippen LogP contribution in [0.4, 0.5) is 0 Å². The van der Waals surface area contributed by atoms with E-state index in [0.29, 0.717) is 0 Å². The molecule has 0 saturated heterocycles. The van der Waals surface area contributed by atoms with Crippen molar-refractivity contribution in [3.63, 3.8) is 0 Å². The van der Waals surface area contributed by atoms with Crippen LogP contribution in [-0.2, 0) is 11.3 Å². The van der Waals surface area contributed by atoms with Crippen LogP contribution in [0.15, 0.2) is 27.6 Å². The minimum atomic E-state index is 0.838. The summed E-state index contributed by atoms with van der Waals surface area (Å²) in [5.41, 5.74) is 1.35. The lowest BCUT2D eigenvalue weighted by atomic mass is 10.2. The first-order chi connectivity index (χ1) is 7.77. The first-order valence-corrected chi connectivity index (χ1v) is 7.10. The highest BCUT2D eigenvalue weighted by Gasteiger charge is 2.03. The van der Waals surface area contributed by atoms with E-state index in [0.717, 1.165) is 29.8 Å². The fraction of sp³-hybridized carbons (Fsp3) is 0.500. The van der Waals surface area contributed by atoms with Crippen molar-refractivity contribution < 1.29 is 4.74 Å². The first-order valence-electron chi connectivity index (χ1n) is 5.32. The van der Waals surface area contributed by atoms with Crippen LogP contribution >= 0.6 is 27.7 Å². The van der Waals surface area contributed by atoms with E-state index in [1.54, 1.807) is 7.11 Å². The van der Waals surface area contributed by atoms with Gasteiger partial charge in [-0.25, -0.2) is 0 Å². The number of thioether (sulfide) groups is 1. The van der Waals surface area contributed by atoms with E-state index in [1.807, 2.05) is 18.8 Å². The summed E-state index contributed by atoms with van der Waals surface area (Å²) in [6.07, 6.45) is 1.09. The molecule has 0 bridgehead atoms. The summed E-state index contributed by atoms with van der Waals surface area (Å²) in [5.74, 6) is 1.10. The number of rotatable bonds is 7. The fourth-order valence-corrected chi connectivity index (χ4v) is 2.77. The van der Waals surface area contributed by atoms with Gasteiger partial charge in [0.2, 0.25) is 0 Å². The molecule has 0 atom stereocenters. The molecule has 1 aromatic carbocycles. The van der Waals surface area contributed by atoms with E-state index in [9.17, 15) is 0 Å². The zero-order valence-corrected chi connectivity index (χ0v) is 12.2. The second kappa shape index (κ2) is 8.12. The molecule has 90 valence electrons. The Labute approximate surface area is 110 Å². The molecule has 0 aliphatic rings. The van der Waals surface area contributed by atoms with Gasteiger partial charge in [-0.05, 0) is 37.2 Å². The Kier molecular flexibility index (Phi) is 7.12. The lowest BCUT2D eigenvalue weighted by Crippen LogP contribution is -2.06. The Morgan fingerprint density at radius 2 is 2.25 bits per heavy atom. The van der Waals surface area contributed by atoms with Gasteiger partial charge in [0.05, 0.1) is 0 Å². The van der Waals surface area contributed by atoms with E-state index in [4.69, 9.17) is 4.74 Å². The maximum Gasteiger partial charge on any atom is 0.0470 e. The van der Waals surface area contributed by atoms with Crippen molar-refractivity contribution in [2.24, 2.45) is 0 Å². The quantitative estimate of drug-likeness (QED) is 0.617. The van der Waals surface area contributed by atoms with Crippen molar-refractivity contribution in [2.75, 3.05) is 26.5 Å².